The highest BCUT2D eigenvalue weighted by atomic mass is 16.5. The normalized spacial score (nSPS) is 17.4. The van der Waals surface area contributed by atoms with Crippen molar-refractivity contribution in [1.29, 1.82) is 0 Å². The lowest BCUT2D eigenvalue weighted by Crippen LogP contribution is -2.19. The lowest BCUT2D eigenvalue weighted by Gasteiger charge is -2.19. The molecule has 2 aromatic carbocycles. The molecule has 0 aliphatic carbocycles. The fourth-order valence-corrected chi connectivity index (χ4v) is 2.85. The molecule has 0 amide bonds. The molecule has 0 radical (unpaired) electrons. The molecular weight excluding hydrogens is 246 g/mol. The Hall–Kier alpha value is -1.80. The van der Waals surface area contributed by atoms with Gasteiger partial charge < -0.3 is 10.5 Å². The van der Waals surface area contributed by atoms with Gasteiger partial charge in [-0.25, -0.2) is 0 Å². The summed E-state index contributed by atoms with van der Waals surface area (Å²) in [4.78, 5) is 0. The van der Waals surface area contributed by atoms with E-state index >= 15 is 0 Å². The van der Waals surface area contributed by atoms with Gasteiger partial charge in [-0.15, -0.1) is 0 Å². The van der Waals surface area contributed by atoms with Gasteiger partial charge in [0.15, 0.2) is 0 Å². The van der Waals surface area contributed by atoms with Crippen LogP contribution in [0.5, 0.6) is 5.75 Å². The van der Waals surface area contributed by atoms with Crippen LogP contribution in [0.3, 0.4) is 0 Å². The first-order valence-corrected chi connectivity index (χ1v) is 7.07. The summed E-state index contributed by atoms with van der Waals surface area (Å²) in [5, 5.41) is 0. The molecule has 1 atom stereocenters. The molecule has 0 spiro atoms. The predicted octanol–water partition coefficient (Wildman–Crippen LogP) is 3.71. The Morgan fingerprint density at radius 1 is 1.15 bits per heavy atom. The lowest BCUT2D eigenvalue weighted by molar-refractivity contribution is 0.291. The highest BCUT2D eigenvalue weighted by molar-refractivity contribution is 5.48. The van der Waals surface area contributed by atoms with E-state index in [0.29, 0.717) is 0 Å². The standard InChI is InChI=1S/C18H21NO/c1-12-6-4-5-7-14(12)17(19)13-8-9-16-15(10-13)18(2,3)11-20-16/h4-10,17H,11,19H2,1-3H3. The fourth-order valence-electron chi connectivity index (χ4n) is 2.85. The molecule has 2 N–H and O–H groups in total. The van der Waals surface area contributed by atoms with Crippen LogP contribution in [0.15, 0.2) is 42.5 Å². The van der Waals surface area contributed by atoms with Crippen molar-refractivity contribution in [2.45, 2.75) is 32.2 Å². The monoisotopic (exact) mass is 267 g/mol. The number of benzene rings is 2. The molecule has 0 fully saturated rings. The maximum Gasteiger partial charge on any atom is 0.123 e. The van der Waals surface area contributed by atoms with Crippen LogP contribution in [0.2, 0.25) is 0 Å². The van der Waals surface area contributed by atoms with Crippen LogP contribution < -0.4 is 10.5 Å². The van der Waals surface area contributed by atoms with Crippen molar-refractivity contribution in [3.8, 4) is 5.75 Å². The summed E-state index contributed by atoms with van der Waals surface area (Å²) in [5.74, 6) is 0.996. The second-order valence-electron chi connectivity index (χ2n) is 6.26. The molecule has 3 rings (SSSR count). The minimum atomic E-state index is -0.0853. The summed E-state index contributed by atoms with van der Waals surface area (Å²) in [6.07, 6.45) is 0. The van der Waals surface area contributed by atoms with Crippen LogP contribution in [0.1, 0.15) is 42.1 Å². The van der Waals surface area contributed by atoms with Gasteiger partial charge in [0.25, 0.3) is 0 Å². The number of hydrogen-bond donors (Lipinski definition) is 1. The third-order valence-electron chi connectivity index (χ3n) is 4.20. The van der Waals surface area contributed by atoms with Crippen LogP contribution in [-0.4, -0.2) is 6.61 Å². The zero-order valence-electron chi connectivity index (χ0n) is 12.3. The Labute approximate surface area is 120 Å². The van der Waals surface area contributed by atoms with Crippen LogP contribution in [0.25, 0.3) is 0 Å². The van der Waals surface area contributed by atoms with Gasteiger partial charge in [0.05, 0.1) is 12.6 Å². The molecule has 0 aromatic heterocycles. The molecule has 0 saturated heterocycles. The first-order valence-electron chi connectivity index (χ1n) is 7.07. The number of hydrogen-bond acceptors (Lipinski definition) is 2. The molecule has 1 heterocycles. The fraction of sp³-hybridized carbons (Fsp3) is 0.333. The van der Waals surface area contributed by atoms with Crippen LogP contribution in [-0.2, 0) is 5.41 Å². The number of ether oxygens (including phenoxy) is 1. The predicted molar refractivity (Wildman–Crippen MR) is 82.2 cm³/mol. The summed E-state index contributed by atoms with van der Waals surface area (Å²) in [5.41, 5.74) is 11.4. The van der Waals surface area contributed by atoms with Crippen molar-refractivity contribution in [2.75, 3.05) is 6.61 Å². The molecule has 104 valence electrons. The summed E-state index contributed by atoms with van der Waals surface area (Å²) in [6, 6.07) is 14.6. The highest BCUT2D eigenvalue weighted by Crippen LogP contribution is 2.40. The Balaban J connectivity index is 2.02. The van der Waals surface area contributed by atoms with Crippen LogP contribution >= 0.6 is 0 Å². The molecule has 1 aliphatic rings. The molecule has 2 aromatic rings. The van der Waals surface area contributed by atoms with Crippen molar-refractivity contribution >= 4 is 0 Å². The molecule has 2 nitrogen and oxygen atoms in total. The van der Waals surface area contributed by atoms with E-state index in [1.165, 1.54) is 16.7 Å². The highest BCUT2D eigenvalue weighted by Gasteiger charge is 2.32. The quantitative estimate of drug-likeness (QED) is 0.900. The number of aryl methyl sites for hydroxylation is 1. The smallest absolute Gasteiger partial charge is 0.123 e. The molecule has 20 heavy (non-hydrogen) atoms. The van der Waals surface area contributed by atoms with E-state index in [1.807, 2.05) is 12.1 Å². The van der Waals surface area contributed by atoms with E-state index in [2.05, 4.69) is 51.1 Å². The van der Waals surface area contributed by atoms with Gasteiger partial charge in [-0.05, 0) is 35.7 Å². The Morgan fingerprint density at radius 3 is 2.65 bits per heavy atom. The second kappa shape index (κ2) is 4.64. The first kappa shape index (κ1) is 13.2. The van der Waals surface area contributed by atoms with Crippen molar-refractivity contribution in [3.05, 3.63) is 64.7 Å². The molecule has 0 saturated carbocycles. The van der Waals surface area contributed by atoms with Gasteiger partial charge >= 0.3 is 0 Å². The number of rotatable bonds is 2. The largest absolute Gasteiger partial charge is 0.492 e. The number of nitrogens with two attached hydrogens (primary N) is 1. The average Bonchev–Trinajstić information content (AvgIpc) is 2.74. The van der Waals surface area contributed by atoms with Gasteiger partial charge in [-0.2, -0.15) is 0 Å². The Bertz CT molecular complexity index is 646. The van der Waals surface area contributed by atoms with Gasteiger partial charge in [-0.1, -0.05) is 44.2 Å². The van der Waals surface area contributed by atoms with Gasteiger partial charge in [0.2, 0.25) is 0 Å². The number of fused-ring (bicyclic) bond motifs is 1. The Morgan fingerprint density at radius 2 is 1.90 bits per heavy atom. The topological polar surface area (TPSA) is 35.2 Å². The summed E-state index contributed by atoms with van der Waals surface area (Å²) in [6.45, 7) is 7.27. The van der Waals surface area contributed by atoms with E-state index in [9.17, 15) is 0 Å². The minimum absolute atomic E-state index is 0.0663. The SMILES string of the molecule is Cc1ccccc1C(N)c1ccc2c(c1)C(C)(C)CO2. The van der Waals surface area contributed by atoms with Crippen molar-refractivity contribution < 1.29 is 4.74 Å². The van der Waals surface area contributed by atoms with E-state index < -0.39 is 0 Å². The average molecular weight is 267 g/mol. The molecular formula is C18H21NO. The maximum absolute atomic E-state index is 6.46. The van der Waals surface area contributed by atoms with E-state index in [1.54, 1.807) is 0 Å². The van der Waals surface area contributed by atoms with E-state index in [4.69, 9.17) is 10.5 Å². The van der Waals surface area contributed by atoms with Gasteiger partial charge in [0.1, 0.15) is 5.75 Å². The molecule has 0 bridgehead atoms. The molecule has 2 heteroatoms. The van der Waals surface area contributed by atoms with E-state index in [-0.39, 0.29) is 11.5 Å². The minimum Gasteiger partial charge on any atom is -0.492 e. The van der Waals surface area contributed by atoms with Crippen molar-refractivity contribution in [3.63, 3.8) is 0 Å². The van der Waals surface area contributed by atoms with E-state index in [0.717, 1.165) is 17.9 Å². The lowest BCUT2D eigenvalue weighted by atomic mass is 9.84. The van der Waals surface area contributed by atoms with Crippen molar-refractivity contribution in [1.82, 2.24) is 0 Å². The van der Waals surface area contributed by atoms with Gasteiger partial charge in [-0.3, -0.25) is 0 Å². The summed E-state index contributed by atoms with van der Waals surface area (Å²) >= 11 is 0. The third-order valence-corrected chi connectivity index (χ3v) is 4.20. The van der Waals surface area contributed by atoms with Crippen LogP contribution in [0, 0.1) is 6.92 Å². The van der Waals surface area contributed by atoms with Crippen LogP contribution in [0.4, 0.5) is 0 Å². The summed E-state index contributed by atoms with van der Waals surface area (Å²) < 4.78 is 5.74. The molecule has 1 unspecified atom stereocenters. The third kappa shape index (κ3) is 2.10. The Kier molecular flexibility index (Phi) is 3.06. The maximum atomic E-state index is 6.46. The first-order chi connectivity index (χ1) is 9.49. The van der Waals surface area contributed by atoms with Crippen molar-refractivity contribution in [2.24, 2.45) is 5.73 Å². The zero-order valence-corrected chi connectivity index (χ0v) is 12.3. The molecule has 1 aliphatic heterocycles. The zero-order chi connectivity index (χ0) is 14.3. The van der Waals surface area contributed by atoms with Gasteiger partial charge in [0, 0.05) is 11.0 Å². The summed E-state index contributed by atoms with van der Waals surface area (Å²) in [7, 11) is 0. The second-order valence-corrected chi connectivity index (χ2v) is 6.26.